The quantitative estimate of drug-likeness (QED) is 0.0707. The second-order valence-electron chi connectivity index (χ2n) is 9.91. The summed E-state index contributed by atoms with van der Waals surface area (Å²) in [5, 5.41) is 11.8. The van der Waals surface area contributed by atoms with Gasteiger partial charge in [0.25, 0.3) is 5.69 Å². The van der Waals surface area contributed by atoms with E-state index in [1.165, 1.54) is 45.7 Å². The van der Waals surface area contributed by atoms with Gasteiger partial charge in [-0.05, 0) is 93.7 Å². The second kappa shape index (κ2) is 15.7. The van der Waals surface area contributed by atoms with Crippen LogP contribution in [0, 0.1) is 17.3 Å². The Balaban J connectivity index is 0.000000225. The van der Waals surface area contributed by atoms with Gasteiger partial charge in [-0.25, -0.2) is 9.97 Å². The van der Waals surface area contributed by atoms with Crippen molar-refractivity contribution in [1.29, 1.82) is 0 Å². The standard InChI is InChI=1S/C16H12F3IN2O4.C16H12F3IN2O2/c1-25-14-7-9(13(22(23)24)8-11(14)16(17,18)19)3-4-10-12(20)5-6-21-15(10)26-2;1-23-13-6-8-5-12(14-10(20)3-4-21-15(14)24-2)22-11(8)7-9(13)16(17,18)19/h3-8H,1-2H3;3-7,22H,1-2H3/b4-3+;. The number of ether oxygens (including phenoxy) is 4. The van der Waals surface area contributed by atoms with Crippen LogP contribution in [-0.4, -0.2) is 48.3 Å². The number of nitro benzene ring substituents is 1. The molecule has 0 atom stereocenters. The topological polar surface area (TPSA) is 122 Å². The van der Waals surface area contributed by atoms with Crippen LogP contribution in [0.2, 0.25) is 0 Å². The van der Waals surface area contributed by atoms with Gasteiger partial charge in [-0.15, -0.1) is 0 Å². The number of nitrogens with zero attached hydrogens (tertiary/aromatic N) is 3. The first-order chi connectivity index (χ1) is 23.5. The highest BCUT2D eigenvalue weighted by molar-refractivity contribution is 14.1. The lowest BCUT2D eigenvalue weighted by molar-refractivity contribution is -0.385. The number of benzene rings is 2. The predicted octanol–water partition coefficient (Wildman–Crippen LogP) is 9.67. The van der Waals surface area contributed by atoms with Crippen LogP contribution in [0.3, 0.4) is 0 Å². The molecule has 0 aliphatic carbocycles. The molecule has 5 rings (SSSR count). The van der Waals surface area contributed by atoms with E-state index in [2.05, 4.69) is 37.5 Å². The third-order valence-corrected chi connectivity index (χ3v) is 8.79. The summed E-state index contributed by atoms with van der Waals surface area (Å²) >= 11 is 4.15. The van der Waals surface area contributed by atoms with Crippen molar-refractivity contribution >= 4 is 73.9 Å². The Bertz CT molecular complexity index is 2070. The number of H-pyrrole nitrogens is 1. The van der Waals surface area contributed by atoms with E-state index in [4.69, 9.17) is 18.9 Å². The average molecular weight is 928 g/mol. The Morgan fingerprint density at radius 2 is 1.32 bits per heavy atom. The third kappa shape index (κ3) is 8.50. The molecule has 50 heavy (non-hydrogen) atoms. The Kier molecular flexibility index (Phi) is 12.1. The van der Waals surface area contributed by atoms with Gasteiger partial charge < -0.3 is 23.9 Å². The molecule has 0 saturated heterocycles. The maximum Gasteiger partial charge on any atom is 0.420 e. The van der Waals surface area contributed by atoms with Gasteiger partial charge in [0, 0.05) is 36.5 Å². The van der Waals surface area contributed by atoms with Gasteiger partial charge in [-0.3, -0.25) is 10.1 Å². The zero-order valence-corrected chi connectivity index (χ0v) is 30.5. The van der Waals surface area contributed by atoms with Crippen LogP contribution in [0.4, 0.5) is 32.0 Å². The molecule has 0 radical (unpaired) electrons. The summed E-state index contributed by atoms with van der Waals surface area (Å²) in [7, 11) is 5.20. The molecule has 264 valence electrons. The molecule has 0 aliphatic heterocycles. The van der Waals surface area contributed by atoms with Crippen molar-refractivity contribution in [3.8, 4) is 34.5 Å². The van der Waals surface area contributed by atoms with E-state index in [1.807, 2.05) is 22.6 Å². The Hall–Kier alpha value is -4.34. The summed E-state index contributed by atoms with van der Waals surface area (Å²) in [6.45, 7) is 0. The summed E-state index contributed by atoms with van der Waals surface area (Å²) in [6, 6.07) is 9.11. The van der Waals surface area contributed by atoms with E-state index in [0.29, 0.717) is 39.7 Å². The molecular formula is C32H24F6I2N4O6. The number of methoxy groups -OCH3 is 4. The van der Waals surface area contributed by atoms with E-state index in [1.54, 1.807) is 24.4 Å². The van der Waals surface area contributed by atoms with Crippen LogP contribution < -0.4 is 18.9 Å². The number of aromatic amines is 1. The van der Waals surface area contributed by atoms with Crippen molar-refractivity contribution < 1.29 is 50.2 Å². The zero-order valence-electron chi connectivity index (χ0n) is 26.2. The van der Waals surface area contributed by atoms with Crippen LogP contribution in [0.1, 0.15) is 22.3 Å². The zero-order chi connectivity index (χ0) is 37.0. The van der Waals surface area contributed by atoms with Crippen molar-refractivity contribution in [2.75, 3.05) is 28.4 Å². The molecule has 18 heteroatoms. The molecule has 0 saturated carbocycles. The van der Waals surface area contributed by atoms with E-state index in [-0.39, 0.29) is 17.2 Å². The summed E-state index contributed by atoms with van der Waals surface area (Å²) in [5.41, 5.74) is -0.529. The van der Waals surface area contributed by atoms with E-state index in [9.17, 15) is 36.5 Å². The van der Waals surface area contributed by atoms with Crippen LogP contribution in [0.15, 0.2) is 54.9 Å². The highest BCUT2D eigenvalue weighted by Gasteiger charge is 2.37. The van der Waals surface area contributed by atoms with Gasteiger partial charge in [0.2, 0.25) is 11.8 Å². The first kappa shape index (κ1) is 38.5. The normalized spacial score (nSPS) is 11.7. The minimum atomic E-state index is -4.78. The average Bonchev–Trinajstić information content (AvgIpc) is 3.48. The monoisotopic (exact) mass is 928 g/mol. The van der Waals surface area contributed by atoms with Crippen molar-refractivity contribution in [3.05, 3.63) is 94.4 Å². The molecule has 0 bridgehead atoms. The summed E-state index contributed by atoms with van der Waals surface area (Å²) in [4.78, 5) is 21.5. The largest absolute Gasteiger partial charge is 0.496 e. The fraction of sp³-hybridized carbons (Fsp3) is 0.188. The van der Waals surface area contributed by atoms with Crippen LogP contribution in [-0.2, 0) is 12.4 Å². The predicted molar refractivity (Wildman–Crippen MR) is 189 cm³/mol. The lowest BCUT2D eigenvalue weighted by Gasteiger charge is -2.13. The third-order valence-electron chi connectivity index (χ3n) is 6.95. The minimum Gasteiger partial charge on any atom is -0.496 e. The van der Waals surface area contributed by atoms with Crippen molar-refractivity contribution in [2.45, 2.75) is 12.4 Å². The SMILES string of the molecule is COc1cc(/C=C/c2c(I)ccnc2OC)c([N+](=O)[O-])cc1C(F)(F)F.COc1cc2cc(-c3c(I)ccnc3OC)[nH]c2cc1C(F)(F)F. The van der Waals surface area contributed by atoms with E-state index >= 15 is 0 Å². The molecule has 5 aromatic rings. The Morgan fingerprint density at radius 3 is 1.88 bits per heavy atom. The van der Waals surface area contributed by atoms with Crippen LogP contribution in [0.25, 0.3) is 34.3 Å². The number of rotatable bonds is 8. The van der Waals surface area contributed by atoms with Gasteiger partial charge in [-0.1, -0.05) is 0 Å². The fourth-order valence-corrected chi connectivity index (χ4v) is 5.94. The fourth-order valence-electron chi connectivity index (χ4n) is 4.69. The Labute approximate surface area is 307 Å². The molecule has 2 aromatic carbocycles. The van der Waals surface area contributed by atoms with Crippen molar-refractivity contribution in [2.24, 2.45) is 0 Å². The Morgan fingerprint density at radius 1 is 0.760 bits per heavy atom. The summed E-state index contributed by atoms with van der Waals surface area (Å²) in [5.74, 6) is -0.0323. The highest BCUT2D eigenvalue weighted by atomic mass is 127. The first-order valence-corrected chi connectivity index (χ1v) is 16.0. The number of alkyl halides is 6. The van der Waals surface area contributed by atoms with Gasteiger partial charge >= 0.3 is 12.4 Å². The van der Waals surface area contributed by atoms with Crippen LogP contribution in [0.5, 0.6) is 23.3 Å². The number of hydrogen-bond donors (Lipinski definition) is 1. The number of halogens is 8. The summed E-state index contributed by atoms with van der Waals surface area (Å²) < 4.78 is 100. The number of nitro groups is 1. The lowest BCUT2D eigenvalue weighted by atomic mass is 10.1. The smallest absolute Gasteiger partial charge is 0.420 e. The van der Waals surface area contributed by atoms with Gasteiger partial charge in [0.15, 0.2) is 0 Å². The number of aromatic nitrogens is 3. The highest BCUT2D eigenvalue weighted by Crippen LogP contribution is 2.42. The first-order valence-electron chi connectivity index (χ1n) is 13.8. The molecule has 10 nitrogen and oxygen atoms in total. The van der Waals surface area contributed by atoms with E-state index < -0.39 is 39.8 Å². The van der Waals surface area contributed by atoms with Gasteiger partial charge in [0.05, 0.1) is 61.3 Å². The maximum atomic E-state index is 13.2. The van der Waals surface area contributed by atoms with Gasteiger partial charge in [0.1, 0.15) is 17.1 Å². The number of hydrogen-bond acceptors (Lipinski definition) is 8. The molecular weight excluding hydrogens is 904 g/mol. The molecule has 3 heterocycles. The maximum absolute atomic E-state index is 13.2. The van der Waals surface area contributed by atoms with E-state index in [0.717, 1.165) is 26.4 Å². The number of pyridine rings is 2. The molecule has 0 unspecified atom stereocenters. The number of fused-ring (bicyclic) bond motifs is 1. The van der Waals surface area contributed by atoms with Crippen molar-refractivity contribution in [3.63, 3.8) is 0 Å². The lowest BCUT2D eigenvalue weighted by Crippen LogP contribution is -2.09. The van der Waals surface area contributed by atoms with Gasteiger partial charge in [-0.2, -0.15) is 26.3 Å². The summed E-state index contributed by atoms with van der Waals surface area (Å²) in [6.07, 6.45) is -3.32. The second-order valence-corrected chi connectivity index (χ2v) is 12.2. The molecule has 0 amide bonds. The minimum absolute atomic E-state index is 0.0402. The van der Waals surface area contributed by atoms with Crippen molar-refractivity contribution in [1.82, 2.24) is 15.0 Å². The van der Waals surface area contributed by atoms with Crippen LogP contribution >= 0.6 is 45.2 Å². The molecule has 0 spiro atoms. The molecule has 0 aliphatic rings. The number of nitrogens with one attached hydrogen (secondary N) is 1. The molecule has 3 aromatic heterocycles. The molecule has 1 N–H and O–H groups in total. The molecule has 0 fully saturated rings.